The maximum Gasteiger partial charge on any atom is 0.180 e. The molecule has 0 spiro atoms. The predicted molar refractivity (Wildman–Crippen MR) is 64.9 cm³/mol. The van der Waals surface area contributed by atoms with E-state index < -0.39 is 22.7 Å². The second-order valence-corrected chi connectivity index (χ2v) is 5.51. The monoisotopic (exact) mass is 268 g/mol. The van der Waals surface area contributed by atoms with Crippen LogP contribution in [-0.2, 0) is 0 Å². The SMILES string of the molecule is OC[C@H]1SC(c2ncc3[nH]cnc3n2)[C@@H](O)[C@@H]1O. The Morgan fingerprint density at radius 2 is 2.11 bits per heavy atom. The lowest BCUT2D eigenvalue weighted by Crippen LogP contribution is -2.32. The molecule has 0 radical (unpaired) electrons. The third-order valence-electron chi connectivity index (χ3n) is 2.99. The summed E-state index contributed by atoms with van der Waals surface area (Å²) >= 11 is 1.28. The molecule has 0 aliphatic carbocycles. The van der Waals surface area contributed by atoms with Gasteiger partial charge >= 0.3 is 0 Å². The van der Waals surface area contributed by atoms with Gasteiger partial charge in [0.2, 0.25) is 0 Å². The normalized spacial score (nSPS) is 32.2. The molecule has 1 aliphatic rings. The minimum absolute atomic E-state index is 0.190. The highest BCUT2D eigenvalue weighted by Crippen LogP contribution is 2.43. The van der Waals surface area contributed by atoms with E-state index >= 15 is 0 Å². The Morgan fingerprint density at radius 3 is 2.83 bits per heavy atom. The minimum Gasteiger partial charge on any atom is -0.395 e. The van der Waals surface area contributed by atoms with Crippen molar-refractivity contribution in [3.63, 3.8) is 0 Å². The largest absolute Gasteiger partial charge is 0.395 e. The first-order valence-corrected chi connectivity index (χ1v) is 6.43. The number of hydrogen-bond donors (Lipinski definition) is 4. The van der Waals surface area contributed by atoms with Crippen LogP contribution < -0.4 is 0 Å². The molecule has 1 saturated heterocycles. The quantitative estimate of drug-likeness (QED) is 0.565. The molecule has 1 fully saturated rings. The number of aromatic amines is 1. The van der Waals surface area contributed by atoms with E-state index in [1.54, 1.807) is 6.20 Å². The molecule has 3 heterocycles. The van der Waals surface area contributed by atoms with Crippen LogP contribution in [0, 0.1) is 0 Å². The standard InChI is InChI=1S/C10H12N4O3S/c15-2-5-6(16)7(17)8(18-5)10-11-1-4-9(14-10)13-3-12-4/h1,3,5-8,15-17H,2H2,(H,11,12,13,14)/t5-,6-,7+,8?/m1/s1. The van der Waals surface area contributed by atoms with Crippen LogP contribution in [0.25, 0.3) is 11.2 Å². The molecular formula is C10H12N4O3S. The van der Waals surface area contributed by atoms with Gasteiger partial charge < -0.3 is 20.3 Å². The van der Waals surface area contributed by atoms with Crippen LogP contribution >= 0.6 is 11.8 Å². The van der Waals surface area contributed by atoms with Crippen molar-refractivity contribution in [2.24, 2.45) is 0 Å². The zero-order chi connectivity index (χ0) is 12.7. The summed E-state index contributed by atoms with van der Waals surface area (Å²) in [5.74, 6) is 0.419. The number of thioether (sulfide) groups is 1. The topological polar surface area (TPSA) is 115 Å². The molecule has 4 N–H and O–H groups in total. The molecule has 0 saturated carbocycles. The highest BCUT2D eigenvalue weighted by Gasteiger charge is 2.44. The molecule has 18 heavy (non-hydrogen) atoms. The summed E-state index contributed by atoms with van der Waals surface area (Å²) in [4.78, 5) is 15.3. The maximum absolute atomic E-state index is 9.94. The molecule has 8 heteroatoms. The van der Waals surface area contributed by atoms with Crippen molar-refractivity contribution in [1.29, 1.82) is 0 Å². The number of aliphatic hydroxyl groups excluding tert-OH is 3. The number of fused-ring (bicyclic) bond motifs is 1. The van der Waals surface area contributed by atoms with Crippen LogP contribution in [0.1, 0.15) is 11.1 Å². The van der Waals surface area contributed by atoms with Gasteiger partial charge in [0.05, 0.1) is 35.7 Å². The highest BCUT2D eigenvalue weighted by atomic mass is 32.2. The Balaban J connectivity index is 1.94. The van der Waals surface area contributed by atoms with Crippen molar-refractivity contribution in [2.75, 3.05) is 6.61 Å². The zero-order valence-electron chi connectivity index (χ0n) is 9.26. The number of nitrogens with one attached hydrogen (secondary N) is 1. The Kier molecular flexibility index (Phi) is 2.94. The van der Waals surface area contributed by atoms with E-state index in [4.69, 9.17) is 5.11 Å². The van der Waals surface area contributed by atoms with Crippen LogP contribution in [0.3, 0.4) is 0 Å². The van der Waals surface area contributed by atoms with E-state index in [2.05, 4.69) is 19.9 Å². The zero-order valence-corrected chi connectivity index (χ0v) is 10.1. The summed E-state index contributed by atoms with van der Waals surface area (Å²) in [7, 11) is 0. The molecule has 1 aliphatic heterocycles. The van der Waals surface area contributed by atoms with Gasteiger partial charge in [-0.3, -0.25) is 0 Å². The molecular weight excluding hydrogens is 256 g/mol. The third kappa shape index (κ3) is 1.77. The van der Waals surface area contributed by atoms with E-state index in [0.717, 1.165) is 5.52 Å². The molecule has 0 amide bonds. The van der Waals surface area contributed by atoms with Crippen molar-refractivity contribution >= 4 is 22.9 Å². The lowest BCUT2D eigenvalue weighted by Gasteiger charge is -2.13. The molecule has 2 aromatic rings. The molecule has 1 unspecified atom stereocenters. The molecule has 96 valence electrons. The molecule has 7 nitrogen and oxygen atoms in total. The Hall–Kier alpha value is -1.22. The second-order valence-electron chi connectivity index (χ2n) is 4.13. The number of nitrogens with zero attached hydrogens (tertiary/aromatic N) is 3. The fourth-order valence-electron chi connectivity index (χ4n) is 2.00. The lowest BCUT2D eigenvalue weighted by molar-refractivity contribution is 0.0189. The van der Waals surface area contributed by atoms with Crippen molar-refractivity contribution in [3.05, 3.63) is 18.3 Å². The van der Waals surface area contributed by atoms with Gasteiger partial charge in [-0.15, -0.1) is 11.8 Å². The Bertz CT molecular complexity index is 563. The van der Waals surface area contributed by atoms with E-state index in [0.29, 0.717) is 11.5 Å². The number of aromatic nitrogens is 4. The smallest absolute Gasteiger partial charge is 0.180 e. The van der Waals surface area contributed by atoms with E-state index in [9.17, 15) is 10.2 Å². The minimum atomic E-state index is -0.983. The van der Waals surface area contributed by atoms with Gasteiger partial charge in [-0.25, -0.2) is 15.0 Å². The first-order valence-electron chi connectivity index (χ1n) is 5.49. The molecule has 3 rings (SSSR count). The van der Waals surface area contributed by atoms with Crippen LogP contribution in [-0.4, -0.2) is 59.3 Å². The van der Waals surface area contributed by atoms with Crippen LogP contribution in [0.4, 0.5) is 0 Å². The van der Waals surface area contributed by atoms with Gasteiger partial charge in [0, 0.05) is 0 Å². The third-order valence-corrected chi connectivity index (χ3v) is 4.55. The fourth-order valence-corrected chi connectivity index (χ4v) is 3.34. The van der Waals surface area contributed by atoms with E-state index in [1.165, 1.54) is 18.1 Å². The first kappa shape index (κ1) is 11.8. The van der Waals surface area contributed by atoms with Crippen LogP contribution in [0.5, 0.6) is 0 Å². The summed E-state index contributed by atoms with van der Waals surface area (Å²) in [5, 5.41) is 27.9. The molecule has 2 aromatic heterocycles. The fraction of sp³-hybridized carbons (Fsp3) is 0.500. The summed E-state index contributed by atoms with van der Waals surface area (Å²) in [6.07, 6.45) is 1.16. The van der Waals surface area contributed by atoms with Gasteiger partial charge in [-0.2, -0.15) is 0 Å². The summed E-state index contributed by atoms with van der Waals surface area (Å²) in [6, 6.07) is 0. The summed E-state index contributed by atoms with van der Waals surface area (Å²) in [5.41, 5.74) is 1.24. The second kappa shape index (κ2) is 4.47. The first-order chi connectivity index (χ1) is 8.70. The number of rotatable bonds is 2. The highest BCUT2D eigenvalue weighted by molar-refractivity contribution is 8.00. The van der Waals surface area contributed by atoms with Gasteiger partial charge in [-0.1, -0.05) is 0 Å². The molecule has 0 bridgehead atoms. The van der Waals surface area contributed by atoms with Gasteiger partial charge in [-0.05, 0) is 0 Å². The number of aliphatic hydroxyl groups is 3. The predicted octanol–water partition coefficient (Wildman–Crippen LogP) is -0.777. The maximum atomic E-state index is 9.94. The van der Waals surface area contributed by atoms with Gasteiger partial charge in [0.25, 0.3) is 0 Å². The Morgan fingerprint density at radius 1 is 1.28 bits per heavy atom. The number of hydrogen-bond acceptors (Lipinski definition) is 7. The Labute approximate surface area is 106 Å². The number of H-pyrrole nitrogens is 1. The van der Waals surface area contributed by atoms with Crippen LogP contribution in [0.15, 0.2) is 12.5 Å². The van der Waals surface area contributed by atoms with Crippen molar-refractivity contribution in [1.82, 2.24) is 19.9 Å². The molecule has 0 aromatic carbocycles. The van der Waals surface area contributed by atoms with E-state index in [-0.39, 0.29) is 6.61 Å². The average Bonchev–Trinajstić information content (AvgIpc) is 2.95. The average molecular weight is 268 g/mol. The number of imidazole rings is 1. The van der Waals surface area contributed by atoms with Crippen molar-refractivity contribution in [3.8, 4) is 0 Å². The van der Waals surface area contributed by atoms with E-state index in [1.807, 2.05) is 0 Å². The molecule has 4 atom stereocenters. The van der Waals surface area contributed by atoms with Crippen molar-refractivity contribution < 1.29 is 15.3 Å². The van der Waals surface area contributed by atoms with Gasteiger partial charge in [0.1, 0.15) is 17.4 Å². The summed E-state index contributed by atoms with van der Waals surface area (Å²) in [6.45, 7) is -0.190. The van der Waals surface area contributed by atoms with Crippen molar-refractivity contribution in [2.45, 2.75) is 22.7 Å². The summed E-state index contributed by atoms with van der Waals surface area (Å²) < 4.78 is 0. The van der Waals surface area contributed by atoms with Gasteiger partial charge in [0.15, 0.2) is 5.65 Å². The lowest BCUT2D eigenvalue weighted by atomic mass is 10.1. The van der Waals surface area contributed by atoms with Crippen LogP contribution in [0.2, 0.25) is 0 Å².